The van der Waals surface area contributed by atoms with E-state index >= 15 is 0 Å². The average molecular weight is 769 g/mol. The molecule has 4 aromatic carbocycles. The van der Waals surface area contributed by atoms with E-state index in [9.17, 15) is 35.9 Å². The van der Waals surface area contributed by atoms with Crippen LogP contribution in [0.5, 0.6) is 11.5 Å². The molecule has 0 aliphatic heterocycles. The summed E-state index contributed by atoms with van der Waals surface area (Å²) in [7, 11) is 2.96. The molecule has 2 amide bonds. The van der Waals surface area contributed by atoms with Crippen LogP contribution in [0.15, 0.2) is 91.0 Å². The molecule has 5 aromatic rings. The molecule has 0 aliphatic rings. The topological polar surface area (TPSA) is 104 Å². The van der Waals surface area contributed by atoms with Crippen LogP contribution in [0.2, 0.25) is 0 Å². The predicted octanol–water partition coefficient (Wildman–Crippen LogP) is 9.24. The number of aromatic nitrogens is 2. The molecule has 0 atom stereocenters. The van der Waals surface area contributed by atoms with Crippen molar-refractivity contribution in [2.75, 3.05) is 27.3 Å². The molecule has 9 nitrogen and oxygen atoms in total. The molecule has 15 heteroatoms. The van der Waals surface area contributed by atoms with Gasteiger partial charge in [0.1, 0.15) is 22.9 Å². The number of rotatable bonds is 11. The lowest BCUT2D eigenvalue weighted by atomic mass is 10.0. The van der Waals surface area contributed by atoms with E-state index in [1.54, 1.807) is 86.0 Å². The molecule has 0 radical (unpaired) electrons. The summed E-state index contributed by atoms with van der Waals surface area (Å²) in [4.78, 5) is 29.5. The summed E-state index contributed by atoms with van der Waals surface area (Å²) in [5.41, 5.74) is -1.49. The van der Waals surface area contributed by atoms with Gasteiger partial charge < -0.3 is 29.4 Å². The quantitative estimate of drug-likeness (QED) is 0.103. The van der Waals surface area contributed by atoms with Crippen molar-refractivity contribution in [3.8, 4) is 45.4 Å². The van der Waals surface area contributed by atoms with Gasteiger partial charge in [-0.25, -0.2) is 9.78 Å². The monoisotopic (exact) mass is 768 g/mol. The van der Waals surface area contributed by atoms with Gasteiger partial charge in [-0.3, -0.25) is 4.79 Å². The van der Waals surface area contributed by atoms with Crippen LogP contribution in [0.1, 0.15) is 47.8 Å². The first-order valence-electron chi connectivity index (χ1n) is 16.9. The summed E-state index contributed by atoms with van der Waals surface area (Å²) < 4.78 is 102. The molecule has 1 aromatic heterocycles. The number of hydrogen-bond acceptors (Lipinski definition) is 6. The zero-order valence-corrected chi connectivity index (χ0v) is 30.5. The van der Waals surface area contributed by atoms with Crippen LogP contribution in [-0.4, -0.2) is 54.5 Å². The number of nitrogens with zero attached hydrogens (tertiary/aromatic N) is 2. The minimum Gasteiger partial charge on any atom is -0.497 e. The van der Waals surface area contributed by atoms with Crippen LogP contribution in [0.3, 0.4) is 0 Å². The maximum absolute atomic E-state index is 14.1. The van der Waals surface area contributed by atoms with Crippen molar-refractivity contribution in [2.45, 2.75) is 45.3 Å². The van der Waals surface area contributed by atoms with Crippen LogP contribution in [0.25, 0.3) is 33.9 Å². The van der Waals surface area contributed by atoms with Crippen molar-refractivity contribution < 1.29 is 50.1 Å². The molecule has 5 rings (SSSR count). The second-order valence-electron chi connectivity index (χ2n) is 13.4. The van der Waals surface area contributed by atoms with Crippen LogP contribution in [0.4, 0.5) is 31.1 Å². The lowest BCUT2D eigenvalue weighted by Crippen LogP contribution is -2.37. The molecule has 0 saturated heterocycles. The van der Waals surface area contributed by atoms with Gasteiger partial charge in [0, 0.05) is 41.9 Å². The lowest BCUT2D eigenvalue weighted by molar-refractivity contribution is -0.143. The molecule has 0 bridgehead atoms. The SMILES string of the molecule is COc1ccc(-c2nc(-c3cc(C(F)(F)F)cc(C(F)(F)F)c3)n(Cc3ccc(C(=O)NCCNC(=O)OC(C)(C)C)cc3)c2-c2ccc(OC)cc2)cc1. The number of nitrogens with one attached hydrogen (secondary N) is 2. The Kier molecular flexibility index (Phi) is 11.8. The van der Waals surface area contributed by atoms with Crippen molar-refractivity contribution in [1.82, 2.24) is 20.2 Å². The van der Waals surface area contributed by atoms with Crippen molar-refractivity contribution in [3.05, 3.63) is 113 Å². The Hall–Kier alpha value is -5.99. The first kappa shape index (κ1) is 40.2. The number of amides is 2. The highest BCUT2D eigenvalue weighted by Gasteiger charge is 2.38. The van der Waals surface area contributed by atoms with E-state index in [0.29, 0.717) is 46.0 Å². The van der Waals surface area contributed by atoms with E-state index in [0.717, 1.165) is 0 Å². The number of benzene rings is 4. The molecular weight excluding hydrogens is 730 g/mol. The Morgan fingerprint density at radius 1 is 0.673 bits per heavy atom. The standard InChI is InChI=1S/C40H38F6N4O5/c1-38(2,3)55-37(52)48-19-18-47-36(51)27-8-6-24(7-9-27)23-50-34(26-12-16-32(54-5)17-13-26)33(25-10-14-31(53-4)15-11-25)49-35(50)28-20-29(39(41,42)43)22-30(21-28)40(44,45)46/h6-17,20-22H,18-19,23H2,1-5H3,(H,47,51)(H,48,52). The smallest absolute Gasteiger partial charge is 0.416 e. The summed E-state index contributed by atoms with van der Waals surface area (Å²) >= 11 is 0. The Morgan fingerprint density at radius 3 is 1.67 bits per heavy atom. The minimum absolute atomic E-state index is 0.0703. The second kappa shape index (κ2) is 16.2. The van der Waals surface area contributed by atoms with E-state index in [2.05, 4.69) is 10.6 Å². The van der Waals surface area contributed by atoms with Gasteiger partial charge in [0.15, 0.2) is 0 Å². The highest BCUT2D eigenvalue weighted by Crippen LogP contribution is 2.42. The summed E-state index contributed by atoms with van der Waals surface area (Å²) in [6.07, 6.45) is -10.8. The maximum atomic E-state index is 14.1. The fraction of sp³-hybridized carbons (Fsp3) is 0.275. The van der Waals surface area contributed by atoms with Gasteiger partial charge in [-0.05, 0) is 105 Å². The summed E-state index contributed by atoms with van der Waals surface area (Å²) in [6, 6.07) is 21.1. The summed E-state index contributed by atoms with van der Waals surface area (Å²) in [6.45, 7) is 5.31. The first-order chi connectivity index (χ1) is 25.9. The molecule has 55 heavy (non-hydrogen) atoms. The van der Waals surface area contributed by atoms with Crippen LogP contribution in [-0.2, 0) is 23.6 Å². The minimum atomic E-state index is -5.09. The highest BCUT2D eigenvalue weighted by molar-refractivity contribution is 5.94. The Labute approximate surface area is 313 Å². The van der Waals surface area contributed by atoms with E-state index in [4.69, 9.17) is 19.2 Å². The van der Waals surface area contributed by atoms with E-state index in [1.165, 1.54) is 26.4 Å². The van der Waals surface area contributed by atoms with Crippen LogP contribution < -0.4 is 20.1 Å². The number of methoxy groups -OCH3 is 2. The first-order valence-corrected chi connectivity index (χ1v) is 16.9. The van der Waals surface area contributed by atoms with Crippen molar-refractivity contribution in [1.29, 1.82) is 0 Å². The van der Waals surface area contributed by atoms with Crippen molar-refractivity contribution >= 4 is 12.0 Å². The summed E-state index contributed by atoms with van der Waals surface area (Å²) in [5.74, 6) is 0.437. The molecule has 0 saturated carbocycles. The number of ether oxygens (including phenoxy) is 3. The molecule has 1 heterocycles. The normalized spacial score (nSPS) is 11.9. The fourth-order valence-electron chi connectivity index (χ4n) is 5.60. The molecule has 0 spiro atoms. The molecule has 0 unspecified atom stereocenters. The number of alkyl carbamates (subject to hydrolysis) is 1. The second-order valence-corrected chi connectivity index (χ2v) is 13.4. The molecule has 0 fully saturated rings. The summed E-state index contributed by atoms with van der Waals surface area (Å²) in [5, 5.41) is 5.24. The van der Waals surface area contributed by atoms with E-state index < -0.39 is 46.6 Å². The number of hydrogen-bond donors (Lipinski definition) is 2. The molecule has 290 valence electrons. The van der Waals surface area contributed by atoms with E-state index in [-0.39, 0.29) is 42.8 Å². The van der Waals surface area contributed by atoms with Crippen LogP contribution in [0, 0.1) is 0 Å². The largest absolute Gasteiger partial charge is 0.497 e. The van der Waals surface area contributed by atoms with Gasteiger partial charge in [0.25, 0.3) is 5.91 Å². The van der Waals surface area contributed by atoms with Crippen molar-refractivity contribution in [2.24, 2.45) is 0 Å². The third-order valence-corrected chi connectivity index (χ3v) is 8.18. The molecule has 2 N–H and O–H groups in total. The van der Waals surface area contributed by atoms with Gasteiger partial charge in [-0.15, -0.1) is 0 Å². The van der Waals surface area contributed by atoms with Crippen LogP contribution >= 0.6 is 0 Å². The highest BCUT2D eigenvalue weighted by atomic mass is 19.4. The predicted molar refractivity (Wildman–Crippen MR) is 194 cm³/mol. The Bertz CT molecular complexity index is 2090. The van der Waals surface area contributed by atoms with Gasteiger partial charge in [0.05, 0.1) is 36.7 Å². The van der Waals surface area contributed by atoms with Gasteiger partial charge >= 0.3 is 18.4 Å². The Morgan fingerprint density at radius 2 is 1.18 bits per heavy atom. The third kappa shape index (κ3) is 10.2. The Balaban J connectivity index is 1.59. The third-order valence-electron chi connectivity index (χ3n) is 8.18. The van der Waals surface area contributed by atoms with E-state index in [1.807, 2.05) is 0 Å². The number of carbonyl (C=O) groups is 2. The number of alkyl halides is 6. The lowest BCUT2D eigenvalue weighted by Gasteiger charge is -2.19. The zero-order valence-electron chi connectivity index (χ0n) is 30.5. The maximum Gasteiger partial charge on any atom is 0.416 e. The fourth-order valence-corrected chi connectivity index (χ4v) is 5.60. The molecular formula is C40H38F6N4O5. The zero-order chi connectivity index (χ0) is 40.1. The van der Waals surface area contributed by atoms with Gasteiger partial charge in [0.2, 0.25) is 0 Å². The average Bonchev–Trinajstić information content (AvgIpc) is 3.50. The number of imidazole rings is 1. The number of halogens is 6. The van der Waals surface area contributed by atoms with Gasteiger partial charge in [-0.2, -0.15) is 26.3 Å². The van der Waals surface area contributed by atoms with Gasteiger partial charge in [-0.1, -0.05) is 12.1 Å². The van der Waals surface area contributed by atoms with Crippen molar-refractivity contribution in [3.63, 3.8) is 0 Å². The number of carbonyl (C=O) groups excluding carboxylic acids is 2. The molecule has 0 aliphatic carbocycles.